The van der Waals surface area contributed by atoms with E-state index in [1.807, 2.05) is 0 Å². The molecule has 5 nitrogen and oxygen atoms in total. The van der Waals surface area contributed by atoms with Gasteiger partial charge < -0.3 is 10.0 Å². The second-order valence-corrected chi connectivity index (χ2v) is 4.60. The quantitative estimate of drug-likeness (QED) is 0.859. The molecular weight excluding hydrogens is 218 g/mol. The first-order valence-corrected chi connectivity index (χ1v) is 6.16. The molecule has 0 aliphatic carbocycles. The van der Waals surface area contributed by atoms with Crippen molar-refractivity contribution in [2.75, 3.05) is 19.6 Å². The monoisotopic (exact) mass is 237 g/mol. The van der Waals surface area contributed by atoms with E-state index in [2.05, 4.69) is 10.00 Å². The van der Waals surface area contributed by atoms with Crippen LogP contribution in [-0.2, 0) is 6.54 Å². The van der Waals surface area contributed by atoms with Gasteiger partial charge >= 0.3 is 5.97 Å². The first-order valence-electron chi connectivity index (χ1n) is 6.16. The van der Waals surface area contributed by atoms with Crippen LogP contribution in [0.3, 0.4) is 0 Å². The van der Waals surface area contributed by atoms with Crippen LogP contribution in [0.15, 0.2) is 6.20 Å². The molecule has 0 atom stereocenters. The number of carboxylic acids is 1. The molecule has 1 aliphatic heterocycles. The number of carboxylic acid groups (broad SMARTS) is 1. The zero-order valence-corrected chi connectivity index (χ0v) is 10.2. The van der Waals surface area contributed by atoms with Crippen molar-refractivity contribution in [2.45, 2.75) is 32.7 Å². The predicted molar refractivity (Wildman–Crippen MR) is 64.2 cm³/mol. The summed E-state index contributed by atoms with van der Waals surface area (Å²) in [5, 5.41) is 13.2. The van der Waals surface area contributed by atoms with Crippen molar-refractivity contribution in [3.63, 3.8) is 0 Å². The van der Waals surface area contributed by atoms with Crippen molar-refractivity contribution in [3.05, 3.63) is 17.5 Å². The maximum absolute atomic E-state index is 10.9. The molecule has 2 heterocycles. The SMILES string of the molecule is Cc1nn(CCN2CCCCC2)cc1C(=O)O. The highest BCUT2D eigenvalue weighted by molar-refractivity contribution is 5.88. The fraction of sp³-hybridized carbons (Fsp3) is 0.667. The summed E-state index contributed by atoms with van der Waals surface area (Å²) in [6, 6.07) is 0. The van der Waals surface area contributed by atoms with Crippen LogP contribution < -0.4 is 0 Å². The lowest BCUT2D eigenvalue weighted by atomic mass is 10.1. The molecule has 1 aromatic rings. The number of aromatic nitrogens is 2. The van der Waals surface area contributed by atoms with Crippen molar-refractivity contribution in [2.24, 2.45) is 0 Å². The van der Waals surface area contributed by atoms with E-state index in [4.69, 9.17) is 5.11 Å². The summed E-state index contributed by atoms with van der Waals surface area (Å²) < 4.78 is 1.74. The number of hydrogen-bond donors (Lipinski definition) is 1. The zero-order chi connectivity index (χ0) is 12.3. The summed E-state index contributed by atoms with van der Waals surface area (Å²) in [5.41, 5.74) is 0.903. The fourth-order valence-corrected chi connectivity index (χ4v) is 2.27. The highest BCUT2D eigenvalue weighted by Gasteiger charge is 2.13. The summed E-state index contributed by atoms with van der Waals surface area (Å²) in [7, 11) is 0. The molecule has 0 bridgehead atoms. The van der Waals surface area contributed by atoms with Crippen LogP contribution in [0.5, 0.6) is 0 Å². The zero-order valence-electron chi connectivity index (χ0n) is 10.2. The van der Waals surface area contributed by atoms with Gasteiger partial charge in [0.05, 0.1) is 12.2 Å². The van der Waals surface area contributed by atoms with Crippen LogP contribution in [0, 0.1) is 6.92 Å². The Hall–Kier alpha value is -1.36. The Balaban J connectivity index is 1.90. The standard InChI is InChI=1S/C12H19N3O2/c1-10-11(12(16)17)9-15(13-10)8-7-14-5-3-2-4-6-14/h9H,2-8H2,1H3,(H,16,17). The number of rotatable bonds is 4. The molecule has 1 saturated heterocycles. The number of hydrogen-bond acceptors (Lipinski definition) is 3. The number of nitrogens with zero attached hydrogens (tertiary/aromatic N) is 3. The van der Waals surface area contributed by atoms with Gasteiger partial charge in [0.15, 0.2) is 0 Å². The molecular formula is C12H19N3O2. The van der Waals surface area contributed by atoms with E-state index >= 15 is 0 Å². The van der Waals surface area contributed by atoms with Gasteiger partial charge in [-0.15, -0.1) is 0 Å². The van der Waals surface area contributed by atoms with Gasteiger partial charge in [-0.3, -0.25) is 4.68 Å². The Morgan fingerprint density at radius 2 is 2.06 bits per heavy atom. The van der Waals surface area contributed by atoms with E-state index in [-0.39, 0.29) is 0 Å². The van der Waals surface area contributed by atoms with Crippen LogP contribution in [0.4, 0.5) is 0 Å². The van der Waals surface area contributed by atoms with Crippen molar-refractivity contribution in [3.8, 4) is 0 Å². The number of piperidine rings is 1. The minimum atomic E-state index is -0.897. The topological polar surface area (TPSA) is 58.4 Å². The van der Waals surface area contributed by atoms with Gasteiger partial charge in [0.25, 0.3) is 0 Å². The normalized spacial score (nSPS) is 17.2. The van der Waals surface area contributed by atoms with E-state index in [1.165, 1.54) is 19.3 Å². The second-order valence-electron chi connectivity index (χ2n) is 4.60. The number of carbonyl (C=O) groups is 1. The molecule has 17 heavy (non-hydrogen) atoms. The third-order valence-corrected chi connectivity index (χ3v) is 3.27. The summed E-state index contributed by atoms with van der Waals surface area (Å²) in [6.07, 6.45) is 5.51. The van der Waals surface area contributed by atoms with Crippen molar-refractivity contribution < 1.29 is 9.90 Å². The minimum Gasteiger partial charge on any atom is -0.478 e. The molecule has 1 aliphatic rings. The lowest BCUT2D eigenvalue weighted by molar-refractivity contribution is 0.0696. The molecule has 94 valence electrons. The van der Waals surface area contributed by atoms with Crippen LogP contribution in [0.1, 0.15) is 35.3 Å². The first-order chi connectivity index (χ1) is 8.16. The molecule has 1 N–H and O–H groups in total. The Morgan fingerprint density at radius 1 is 1.35 bits per heavy atom. The molecule has 1 aromatic heterocycles. The summed E-state index contributed by atoms with van der Waals surface area (Å²) >= 11 is 0. The predicted octanol–water partition coefficient (Wildman–Crippen LogP) is 1.38. The van der Waals surface area contributed by atoms with Crippen LogP contribution >= 0.6 is 0 Å². The van der Waals surface area contributed by atoms with Gasteiger partial charge in [-0.2, -0.15) is 5.10 Å². The maximum atomic E-state index is 10.9. The molecule has 0 saturated carbocycles. The van der Waals surface area contributed by atoms with E-state index < -0.39 is 5.97 Å². The third kappa shape index (κ3) is 3.06. The third-order valence-electron chi connectivity index (χ3n) is 3.27. The first kappa shape index (κ1) is 12.1. The van der Waals surface area contributed by atoms with Crippen molar-refractivity contribution >= 4 is 5.97 Å². The Morgan fingerprint density at radius 3 is 2.65 bits per heavy atom. The Kier molecular flexibility index (Phi) is 3.78. The lowest BCUT2D eigenvalue weighted by Gasteiger charge is -2.26. The van der Waals surface area contributed by atoms with Gasteiger partial charge in [-0.05, 0) is 32.9 Å². The summed E-state index contributed by atoms with van der Waals surface area (Å²) in [5.74, 6) is -0.897. The number of aryl methyl sites for hydroxylation is 1. The maximum Gasteiger partial charge on any atom is 0.339 e. The average Bonchev–Trinajstić information content (AvgIpc) is 2.69. The Labute approximate surface area is 101 Å². The van der Waals surface area contributed by atoms with Gasteiger partial charge in [0, 0.05) is 12.7 Å². The second kappa shape index (κ2) is 5.31. The van der Waals surface area contributed by atoms with E-state index in [0.29, 0.717) is 11.3 Å². The number of likely N-dealkylation sites (tertiary alicyclic amines) is 1. The van der Waals surface area contributed by atoms with Crippen LogP contribution in [0.25, 0.3) is 0 Å². The molecule has 0 spiro atoms. The smallest absolute Gasteiger partial charge is 0.339 e. The van der Waals surface area contributed by atoms with Gasteiger partial charge in [0.2, 0.25) is 0 Å². The molecule has 0 amide bonds. The highest BCUT2D eigenvalue weighted by atomic mass is 16.4. The van der Waals surface area contributed by atoms with E-state index in [1.54, 1.807) is 17.8 Å². The van der Waals surface area contributed by atoms with Crippen molar-refractivity contribution in [1.29, 1.82) is 0 Å². The Bertz CT molecular complexity index is 394. The summed E-state index contributed by atoms with van der Waals surface area (Å²) in [6.45, 7) is 5.78. The highest BCUT2D eigenvalue weighted by Crippen LogP contribution is 2.09. The van der Waals surface area contributed by atoms with E-state index in [9.17, 15) is 4.79 Å². The fourth-order valence-electron chi connectivity index (χ4n) is 2.27. The number of aromatic carboxylic acids is 1. The molecule has 0 aromatic carbocycles. The average molecular weight is 237 g/mol. The molecule has 0 unspecified atom stereocenters. The minimum absolute atomic E-state index is 0.309. The van der Waals surface area contributed by atoms with Crippen LogP contribution in [0.2, 0.25) is 0 Å². The van der Waals surface area contributed by atoms with Gasteiger partial charge in [0.1, 0.15) is 5.56 Å². The molecule has 1 fully saturated rings. The van der Waals surface area contributed by atoms with Crippen molar-refractivity contribution in [1.82, 2.24) is 14.7 Å². The van der Waals surface area contributed by atoms with Gasteiger partial charge in [-0.25, -0.2) is 4.79 Å². The molecule has 5 heteroatoms. The largest absolute Gasteiger partial charge is 0.478 e. The van der Waals surface area contributed by atoms with Gasteiger partial charge in [-0.1, -0.05) is 6.42 Å². The molecule has 0 radical (unpaired) electrons. The van der Waals surface area contributed by atoms with E-state index in [0.717, 1.165) is 26.2 Å². The molecule has 2 rings (SSSR count). The lowest BCUT2D eigenvalue weighted by Crippen LogP contribution is -2.32. The summed E-state index contributed by atoms with van der Waals surface area (Å²) in [4.78, 5) is 13.3. The van der Waals surface area contributed by atoms with Crippen LogP contribution in [-0.4, -0.2) is 45.4 Å².